The molecule has 0 spiro atoms. The number of thiophene rings is 1. The van der Waals surface area contributed by atoms with Gasteiger partial charge in [0.25, 0.3) is 11.6 Å². The Hall–Kier alpha value is -4.27. The number of carbonyl (C=O) groups excluding carboxylic acids is 1. The highest BCUT2D eigenvalue weighted by Gasteiger charge is 2.33. The van der Waals surface area contributed by atoms with Crippen LogP contribution in [0.3, 0.4) is 0 Å². The second-order valence-electron chi connectivity index (χ2n) is 12.4. The van der Waals surface area contributed by atoms with Crippen molar-refractivity contribution in [2.24, 2.45) is 16.3 Å². The fourth-order valence-electron chi connectivity index (χ4n) is 5.92. The molecular formula is C35H33ClN4O3S. The minimum absolute atomic E-state index is 0.0716. The van der Waals surface area contributed by atoms with Gasteiger partial charge in [-0.2, -0.15) is 0 Å². The number of nitro benzene ring substituents is 1. The summed E-state index contributed by atoms with van der Waals surface area (Å²) in [5.41, 5.74) is 5.63. The van der Waals surface area contributed by atoms with Crippen LogP contribution in [0.25, 0.3) is 10.9 Å². The Kier molecular flexibility index (Phi) is 8.14. The van der Waals surface area contributed by atoms with E-state index in [1.807, 2.05) is 24.5 Å². The van der Waals surface area contributed by atoms with Crippen LogP contribution in [0.2, 0.25) is 5.02 Å². The molecule has 9 heteroatoms. The van der Waals surface area contributed by atoms with Gasteiger partial charge in [0, 0.05) is 63.1 Å². The number of carbonyl (C=O) groups is 1. The molecule has 0 unspecified atom stereocenters. The number of benzene rings is 3. The molecule has 44 heavy (non-hydrogen) atoms. The molecule has 0 fully saturated rings. The number of nitrogens with one attached hydrogen (secondary N) is 1. The molecule has 0 saturated carbocycles. The number of nitrogens with zero attached hydrogens (tertiary/aromatic N) is 3. The molecule has 0 saturated heterocycles. The molecule has 0 radical (unpaired) electrons. The Morgan fingerprint density at radius 2 is 1.84 bits per heavy atom. The van der Waals surface area contributed by atoms with E-state index in [-0.39, 0.29) is 21.9 Å². The van der Waals surface area contributed by atoms with Gasteiger partial charge in [-0.05, 0) is 72.1 Å². The maximum atomic E-state index is 13.8. The zero-order valence-electron chi connectivity index (χ0n) is 24.8. The predicted octanol–water partition coefficient (Wildman–Crippen LogP) is 9.47. The van der Waals surface area contributed by atoms with Gasteiger partial charge in [-0.3, -0.25) is 14.9 Å². The highest BCUT2D eigenvalue weighted by Crippen LogP contribution is 2.45. The minimum Gasteiger partial charge on any atom is -0.342 e. The zero-order chi connectivity index (χ0) is 31.0. The van der Waals surface area contributed by atoms with Crippen molar-refractivity contribution < 1.29 is 9.72 Å². The van der Waals surface area contributed by atoms with Crippen molar-refractivity contribution in [2.75, 3.05) is 5.32 Å². The second kappa shape index (κ2) is 12.0. The molecule has 0 aliphatic heterocycles. The number of para-hydroxylation sites is 1. The second-order valence-corrected chi connectivity index (χ2v) is 13.9. The standard InChI is InChI=1S/C35H33ClN4O3S/c1-35(2,3)24-10-17-29-31(18-24)44-34(32(29)33(41)38-26-13-11-25(36)12-14-26)37-19-23-21-39(30-7-5-4-6-28(23)30)20-22-8-15-27(16-9-22)40(42)43/h4-9,11-16,19,21,24H,10,17-18,20H2,1-3H3,(H,38,41)/t24-/m0/s1. The lowest BCUT2D eigenvalue weighted by Crippen LogP contribution is -2.27. The summed E-state index contributed by atoms with van der Waals surface area (Å²) in [5, 5.41) is 16.5. The number of hydrogen-bond donors (Lipinski definition) is 1. The van der Waals surface area contributed by atoms with Crippen LogP contribution in [0.1, 0.15) is 59.1 Å². The van der Waals surface area contributed by atoms with Crippen LogP contribution in [0.15, 0.2) is 84.0 Å². The third-order valence-electron chi connectivity index (χ3n) is 8.44. The number of amides is 1. The first-order valence-electron chi connectivity index (χ1n) is 14.6. The van der Waals surface area contributed by atoms with E-state index in [1.165, 1.54) is 17.0 Å². The molecule has 1 aliphatic carbocycles. The van der Waals surface area contributed by atoms with Gasteiger partial charge in [0.15, 0.2) is 0 Å². The number of nitro groups is 1. The molecule has 3 aromatic carbocycles. The van der Waals surface area contributed by atoms with Crippen molar-refractivity contribution in [1.82, 2.24) is 4.57 Å². The Morgan fingerprint density at radius 1 is 1.11 bits per heavy atom. The number of aliphatic imine (C=N–C) groups is 1. The highest BCUT2D eigenvalue weighted by molar-refractivity contribution is 7.16. The van der Waals surface area contributed by atoms with E-state index < -0.39 is 0 Å². The van der Waals surface area contributed by atoms with Crippen LogP contribution < -0.4 is 5.32 Å². The van der Waals surface area contributed by atoms with Gasteiger partial charge in [0.05, 0.1) is 10.5 Å². The third-order valence-corrected chi connectivity index (χ3v) is 9.86. The first kappa shape index (κ1) is 29.8. The molecule has 2 heterocycles. The topological polar surface area (TPSA) is 89.5 Å². The summed E-state index contributed by atoms with van der Waals surface area (Å²) in [4.78, 5) is 30.7. The summed E-state index contributed by atoms with van der Waals surface area (Å²) in [7, 11) is 0. The summed E-state index contributed by atoms with van der Waals surface area (Å²) in [6.07, 6.45) is 6.72. The van der Waals surface area contributed by atoms with E-state index >= 15 is 0 Å². The summed E-state index contributed by atoms with van der Waals surface area (Å²) in [5.74, 6) is 0.377. The van der Waals surface area contributed by atoms with E-state index in [1.54, 1.807) is 47.7 Å². The fourth-order valence-corrected chi connectivity index (χ4v) is 7.31. The molecular weight excluding hydrogens is 592 g/mol. The van der Waals surface area contributed by atoms with Gasteiger partial charge in [0.1, 0.15) is 5.00 Å². The first-order valence-corrected chi connectivity index (χ1v) is 15.8. The van der Waals surface area contributed by atoms with E-state index in [2.05, 4.69) is 42.8 Å². The van der Waals surface area contributed by atoms with Crippen molar-refractivity contribution in [3.05, 3.63) is 121 Å². The highest BCUT2D eigenvalue weighted by atomic mass is 35.5. The molecule has 1 N–H and O–H groups in total. The van der Waals surface area contributed by atoms with Gasteiger partial charge < -0.3 is 9.88 Å². The first-order chi connectivity index (χ1) is 21.1. The average molecular weight is 625 g/mol. The lowest BCUT2D eigenvalue weighted by molar-refractivity contribution is -0.384. The van der Waals surface area contributed by atoms with Crippen molar-refractivity contribution in [2.45, 2.75) is 46.6 Å². The normalized spacial score (nSPS) is 15.0. The zero-order valence-corrected chi connectivity index (χ0v) is 26.4. The largest absolute Gasteiger partial charge is 0.342 e. The summed E-state index contributed by atoms with van der Waals surface area (Å²) in [6, 6.07) is 21.9. The van der Waals surface area contributed by atoms with Crippen molar-refractivity contribution >= 4 is 62.3 Å². The molecule has 1 amide bonds. The van der Waals surface area contributed by atoms with Crippen LogP contribution in [0, 0.1) is 21.4 Å². The Morgan fingerprint density at radius 3 is 2.55 bits per heavy atom. The fraction of sp³-hybridized carbons (Fsp3) is 0.257. The molecule has 6 rings (SSSR count). The molecule has 224 valence electrons. The minimum atomic E-state index is -0.390. The van der Waals surface area contributed by atoms with Crippen LogP contribution in [-0.2, 0) is 19.4 Å². The monoisotopic (exact) mass is 624 g/mol. The number of anilines is 1. The van der Waals surface area contributed by atoms with Crippen LogP contribution in [0.4, 0.5) is 16.4 Å². The number of non-ortho nitro benzene ring substituents is 1. The van der Waals surface area contributed by atoms with E-state index in [9.17, 15) is 14.9 Å². The maximum absolute atomic E-state index is 13.8. The van der Waals surface area contributed by atoms with Crippen molar-refractivity contribution in [3.63, 3.8) is 0 Å². The van der Waals surface area contributed by atoms with Crippen molar-refractivity contribution in [3.8, 4) is 0 Å². The molecule has 2 aromatic heterocycles. The summed E-state index contributed by atoms with van der Waals surface area (Å²) < 4.78 is 2.12. The van der Waals surface area contributed by atoms with Crippen molar-refractivity contribution in [1.29, 1.82) is 0 Å². The van der Waals surface area contributed by atoms with Gasteiger partial charge in [-0.1, -0.05) is 62.7 Å². The number of fused-ring (bicyclic) bond motifs is 2. The predicted molar refractivity (Wildman–Crippen MR) is 180 cm³/mol. The Balaban J connectivity index is 1.35. The number of halogens is 1. The van der Waals surface area contributed by atoms with Crippen LogP contribution in [0.5, 0.6) is 0 Å². The van der Waals surface area contributed by atoms with Crippen LogP contribution in [-0.4, -0.2) is 21.6 Å². The molecule has 1 aliphatic rings. The van der Waals surface area contributed by atoms with Gasteiger partial charge >= 0.3 is 0 Å². The molecule has 5 aromatic rings. The quantitative estimate of drug-likeness (QED) is 0.111. The number of aromatic nitrogens is 1. The number of hydrogen-bond acceptors (Lipinski definition) is 5. The van der Waals surface area contributed by atoms with E-state index in [4.69, 9.17) is 16.6 Å². The Labute approximate surface area is 265 Å². The van der Waals surface area contributed by atoms with Crippen LogP contribution >= 0.6 is 22.9 Å². The molecule has 0 bridgehead atoms. The molecule has 7 nitrogen and oxygen atoms in total. The Bertz CT molecular complexity index is 1880. The maximum Gasteiger partial charge on any atom is 0.269 e. The van der Waals surface area contributed by atoms with E-state index in [0.29, 0.717) is 33.7 Å². The lowest BCUT2D eigenvalue weighted by atomic mass is 9.72. The molecule has 1 atom stereocenters. The smallest absolute Gasteiger partial charge is 0.269 e. The van der Waals surface area contributed by atoms with E-state index in [0.717, 1.165) is 46.9 Å². The number of rotatable bonds is 7. The third kappa shape index (κ3) is 6.18. The van der Waals surface area contributed by atoms with Gasteiger partial charge in [-0.15, -0.1) is 11.3 Å². The SMILES string of the molecule is CC(C)(C)[C@H]1CCc2c(sc(N=Cc3cn(Cc4ccc([N+](=O)[O-])cc4)c4ccccc34)c2C(=O)Nc2ccc(Cl)cc2)C1. The van der Waals surface area contributed by atoms with Gasteiger partial charge in [-0.25, -0.2) is 4.99 Å². The summed E-state index contributed by atoms with van der Waals surface area (Å²) >= 11 is 7.69. The van der Waals surface area contributed by atoms with Gasteiger partial charge in [0.2, 0.25) is 0 Å². The summed E-state index contributed by atoms with van der Waals surface area (Å²) in [6.45, 7) is 7.42. The average Bonchev–Trinajstić information content (AvgIpc) is 3.54. The lowest BCUT2D eigenvalue weighted by Gasteiger charge is -2.33.